The Balaban J connectivity index is 2.02. The van der Waals surface area contributed by atoms with Crippen LogP contribution in [0.1, 0.15) is 48.1 Å². The Morgan fingerprint density at radius 1 is 1.31 bits per heavy atom. The van der Waals surface area contributed by atoms with Gasteiger partial charge in [-0.1, -0.05) is 6.07 Å². The lowest BCUT2D eigenvalue weighted by Gasteiger charge is -2.28. The molecule has 0 saturated carbocycles. The van der Waals surface area contributed by atoms with Gasteiger partial charge >= 0.3 is 0 Å². The van der Waals surface area contributed by atoms with Gasteiger partial charge in [0.05, 0.1) is 17.8 Å². The van der Waals surface area contributed by atoms with Crippen molar-refractivity contribution in [2.45, 2.75) is 45.8 Å². The third-order valence-corrected chi connectivity index (χ3v) is 5.55. The zero-order chi connectivity index (χ0) is 18.7. The van der Waals surface area contributed by atoms with Gasteiger partial charge in [-0.2, -0.15) is 0 Å². The molecular formula is C20H28N4OS. The topological polar surface area (TPSA) is 42.3 Å². The number of ether oxygens (including phenoxy) is 1. The zero-order valence-electron chi connectivity index (χ0n) is 16.0. The van der Waals surface area contributed by atoms with E-state index in [1.54, 1.807) is 7.11 Å². The van der Waals surface area contributed by atoms with Crippen molar-refractivity contribution in [1.29, 1.82) is 0 Å². The molecule has 1 saturated heterocycles. The van der Waals surface area contributed by atoms with Crippen LogP contribution in [-0.4, -0.2) is 39.8 Å². The maximum absolute atomic E-state index is 5.69. The Hall–Kier alpha value is -1.92. The summed E-state index contributed by atoms with van der Waals surface area (Å²) in [7, 11) is 1.74. The van der Waals surface area contributed by atoms with Crippen LogP contribution in [0.3, 0.4) is 0 Å². The Labute approximate surface area is 161 Å². The van der Waals surface area contributed by atoms with E-state index < -0.39 is 0 Å². The maximum atomic E-state index is 5.69. The standard InChI is InChI=1S/C20H28N4OS/c1-5-23-14(2)13-16(15(23)3)19-18(17-9-6-7-10-21-17)22-20(26)24(19)11-8-12-25-4/h6-7,9-10,13,18-19H,5,8,11-12H2,1-4H3,(H,22,26)/t18-,19+/m0/s1. The highest BCUT2D eigenvalue weighted by atomic mass is 32.1. The van der Waals surface area contributed by atoms with E-state index in [9.17, 15) is 0 Å². The van der Waals surface area contributed by atoms with Crippen molar-refractivity contribution >= 4 is 17.3 Å². The lowest BCUT2D eigenvalue weighted by atomic mass is 9.96. The van der Waals surface area contributed by atoms with Crippen molar-refractivity contribution in [3.8, 4) is 0 Å². The van der Waals surface area contributed by atoms with Crippen molar-refractivity contribution in [1.82, 2.24) is 19.8 Å². The molecule has 0 unspecified atom stereocenters. The summed E-state index contributed by atoms with van der Waals surface area (Å²) < 4.78 is 7.61. The number of aryl methyl sites for hydroxylation is 1. The quantitative estimate of drug-likeness (QED) is 0.595. The first-order valence-electron chi connectivity index (χ1n) is 9.22. The molecule has 0 aromatic carbocycles. The zero-order valence-corrected chi connectivity index (χ0v) is 16.8. The number of aromatic nitrogens is 2. The van der Waals surface area contributed by atoms with Gasteiger partial charge in [0.15, 0.2) is 5.11 Å². The van der Waals surface area contributed by atoms with Gasteiger partial charge in [-0.25, -0.2) is 0 Å². The van der Waals surface area contributed by atoms with Crippen LogP contribution in [0.5, 0.6) is 0 Å². The van der Waals surface area contributed by atoms with Crippen LogP contribution in [0.15, 0.2) is 30.5 Å². The molecule has 1 fully saturated rings. The van der Waals surface area contributed by atoms with Gasteiger partial charge in [0.25, 0.3) is 0 Å². The van der Waals surface area contributed by atoms with E-state index in [4.69, 9.17) is 17.0 Å². The van der Waals surface area contributed by atoms with Crippen molar-refractivity contribution in [2.24, 2.45) is 0 Å². The molecule has 6 heteroatoms. The van der Waals surface area contributed by atoms with E-state index in [2.05, 4.69) is 52.7 Å². The second-order valence-corrected chi connectivity index (χ2v) is 7.12. The predicted molar refractivity (Wildman–Crippen MR) is 108 cm³/mol. The van der Waals surface area contributed by atoms with Gasteiger partial charge in [0.1, 0.15) is 0 Å². The average molecular weight is 373 g/mol. The number of hydrogen-bond acceptors (Lipinski definition) is 3. The molecule has 2 aromatic heterocycles. The van der Waals surface area contributed by atoms with Crippen molar-refractivity contribution in [3.05, 3.63) is 53.1 Å². The number of nitrogens with zero attached hydrogens (tertiary/aromatic N) is 3. The fraction of sp³-hybridized carbons (Fsp3) is 0.500. The van der Waals surface area contributed by atoms with Crippen LogP contribution in [0.25, 0.3) is 0 Å². The molecule has 0 amide bonds. The van der Waals surface area contributed by atoms with Crippen molar-refractivity contribution in [3.63, 3.8) is 0 Å². The van der Waals surface area contributed by atoms with E-state index in [1.807, 2.05) is 18.3 Å². The fourth-order valence-electron chi connectivity index (χ4n) is 3.98. The van der Waals surface area contributed by atoms with Gasteiger partial charge in [-0.05, 0) is 63.2 Å². The van der Waals surface area contributed by atoms with Crippen LogP contribution < -0.4 is 5.32 Å². The minimum absolute atomic E-state index is 0.0528. The highest BCUT2D eigenvalue weighted by molar-refractivity contribution is 7.80. The molecule has 2 aromatic rings. The molecule has 2 atom stereocenters. The average Bonchev–Trinajstić information content (AvgIpc) is 3.12. The molecule has 140 valence electrons. The Bertz CT molecular complexity index is 759. The third-order valence-electron chi connectivity index (χ3n) is 5.19. The smallest absolute Gasteiger partial charge is 0.170 e. The van der Waals surface area contributed by atoms with E-state index in [1.165, 1.54) is 17.0 Å². The van der Waals surface area contributed by atoms with Crippen molar-refractivity contribution in [2.75, 3.05) is 20.3 Å². The summed E-state index contributed by atoms with van der Waals surface area (Å²) in [5.74, 6) is 0. The van der Waals surface area contributed by atoms with Gasteiger partial charge < -0.3 is 19.5 Å². The molecule has 3 rings (SSSR count). The number of hydrogen-bond donors (Lipinski definition) is 1. The van der Waals surface area contributed by atoms with Crippen LogP contribution in [-0.2, 0) is 11.3 Å². The van der Waals surface area contributed by atoms with Crippen LogP contribution >= 0.6 is 12.2 Å². The van der Waals surface area contributed by atoms with Crippen LogP contribution in [0.4, 0.5) is 0 Å². The first kappa shape index (κ1) is 18.9. The first-order valence-corrected chi connectivity index (χ1v) is 9.63. The van der Waals surface area contributed by atoms with Crippen LogP contribution in [0, 0.1) is 13.8 Å². The molecule has 1 aliphatic heterocycles. The highest BCUT2D eigenvalue weighted by Crippen LogP contribution is 2.40. The van der Waals surface area contributed by atoms with Gasteiger partial charge in [-0.15, -0.1) is 0 Å². The molecule has 26 heavy (non-hydrogen) atoms. The molecule has 0 spiro atoms. The van der Waals surface area contributed by atoms with Crippen LogP contribution in [0.2, 0.25) is 0 Å². The molecular weight excluding hydrogens is 344 g/mol. The lowest BCUT2D eigenvalue weighted by Crippen LogP contribution is -2.31. The third kappa shape index (κ3) is 3.48. The minimum Gasteiger partial charge on any atom is -0.385 e. The Morgan fingerprint density at radius 2 is 2.12 bits per heavy atom. The number of pyridine rings is 1. The Morgan fingerprint density at radius 3 is 2.73 bits per heavy atom. The molecule has 0 bridgehead atoms. The fourth-order valence-corrected chi connectivity index (χ4v) is 4.31. The summed E-state index contributed by atoms with van der Waals surface area (Å²) in [6.45, 7) is 9.13. The number of nitrogens with one attached hydrogen (secondary N) is 1. The lowest BCUT2D eigenvalue weighted by molar-refractivity contribution is 0.180. The SMILES string of the molecule is CCn1c(C)cc([C@@H]2[C@H](c3ccccn3)NC(=S)N2CCCOC)c1C. The van der Waals surface area contributed by atoms with E-state index in [-0.39, 0.29) is 12.1 Å². The summed E-state index contributed by atoms with van der Waals surface area (Å²) in [4.78, 5) is 6.90. The van der Waals surface area contributed by atoms with Gasteiger partial charge in [-0.3, -0.25) is 4.98 Å². The molecule has 3 heterocycles. The second-order valence-electron chi connectivity index (χ2n) is 6.74. The summed E-state index contributed by atoms with van der Waals surface area (Å²) in [6, 6.07) is 8.55. The highest BCUT2D eigenvalue weighted by Gasteiger charge is 2.40. The first-order chi connectivity index (χ1) is 12.6. The molecule has 0 radical (unpaired) electrons. The van der Waals surface area contributed by atoms with Gasteiger partial charge in [0, 0.05) is 44.4 Å². The molecule has 1 N–H and O–H groups in total. The van der Waals surface area contributed by atoms with E-state index >= 15 is 0 Å². The van der Waals surface area contributed by atoms with Gasteiger partial charge in [0.2, 0.25) is 0 Å². The number of thiocarbonyl (C=S) groups is 1. The molecule has 5 nitrogen and oxygen atoms in total. The predicted octanol–water partition coefficient (Wildman–Crippen LogP) is 3.53. The van der Waals surface area contributed by atoms with Crippen molar-refractivity contribution < 1.29 is 4.74 Å². The minimum atomic E-state index is 0.0528. The number of methoxy groups -OCH3 is 1. The normalized spacial score (nSPS) is 19.8. The Kier molecular flexibility index (Phi) is 5.94. The molecule has 1 aliphatic rings. The summed E-state index contributed by atoms with van der Waals surface area (Å²) >= 11 is 5.69. The summed E-state index contributed by atoms with van der Waals surface area (Å²) in [5.41, 5.74) is 4.94. The number of rotatable bonds is 7. The summed E-state index contributed by atoms with van der Waals surface area (Å²) in [5, 5.41) is 4.31. The monoisotopic (exact) mass is 372 g/mol. The second kappa shape index (κ2) is 8.18. The summed E-state index contributed by atoms with van der Waals surface area (Å²) in [6.07, 6.45) is 2.79. The van der Waals surface area contributed by atoms with E-state index in [0.29, 0.717) is 0 Å². The molecule has 0 aliphatic carbocycles. The maximum Gasteiger partial charge on any atom is 0.170 e. The van der Waals surface area contributed by atoms with E-state index in [0.717, 1.165) is 36.9 Å². The largest absolute Gasteiger partial charge is 0.385 e.